The highest BCUT2D eigenvalue weighted by molar-refractivity contribution is 5.27. The van der Waals surface area contributed by atoms with Crippen molar-refractivity contribution >= 4 is 0 Å². The second kappa shape index (κ2) is 5.22. The summed E-state index contributed by atoms with van der Waals surface area (Å²) in [7, 11) is 0. The van der Waals surface area contributed by atoms with Crippen molar-refractivity contribution < 1.29 is 4.74 Å². The van der Waals surface area contributed by atoms with Gasteiger partial charge >= 0.3 is 0 Å². The van der Waals surface area contributed by atoms with Gasteiger partial charge in [-0.1, -0.05) is 6.92 Å². The molecule has 0 amide bonds. The van der Waals surface area contributed by atoms with Gasteiger partial charge < -0.3 is 10.5 Å². The van der Waals surface area contributed by atoms with E-state index in [1.165, 1.54) is 30.4 Å². The van der Waals surface area contributed by atoms with Crippen LogP contribution in [0.15, 0.2) is 18.5 Å². The Kier molecular flexibility index (Phi) is 3.59. The van der Waals surface area contributed by atoms with Crippen LogP contribution in [0.5, 0.6) is 0 Å². The van der Waals surface area contributed by atoms with Crippen molar-refractivity contribution in [1.82, 2.24) is 4.98 Å². The molecule has 0 bridgehead atoms. The van der Waals surface area contributed by atoms with E-state index >= 15 is 0 Å². The molecule has 0 radical (unpaired) electrons. The van der Waals surface area contributed by atoms with Gasteiger partial charge in [-0.2, -0.15) is 0 Å². The van der Waals surface area contributed by atoms with Gasteiger partial charge in [0.2, 0.25) is 0 Å². The van der Waals surface area contributed by atoms with E-state index in [1.54, 1.807) is 0 Å². The van der Waals surface area contributed by atoms with E-state index in [0.717, 1.165) is 25.9 Å². The maximum absolute atomic E-state index is 6.56. The minimum absolute atomic E-state index is 0.138. The van der Waals surface area contributed by atoms with E-state index < -0.39 is 0 Å². The fraction of sp³-hybridized carbons (Fsp3) is 0.688. The molecule has 2 fully saturated rings. The second-order valence-corrected chi connectivity index (χ2v) is 6.09. The lowest BCUT2D eigenvalue weighted by Gasteiger charge is -2.48. The first-order valence-corrected chi connectivity index (χ1v) is 7.56. The van der Waals surface area contributed by atoms with E-state index in [9.17, 15) is 0 Å². The predicted molar refractivity (Wildman–Crippen MR) is 75.8 cm³/mol. The first kappa shape index (κ1) is 13.1. The molecular weight excluding hydrogens is 236 g/mol. The van der Waals surface area contributed by atoms with E-state index in [1.807, 2.05) is 12.4 Å². The zero-order valence-electron chi connectivity index (χ0n) is 11.8. The quantitative estimate of drug-likeness (QED) is 0.909. The number of nitrogens with two attached hydrogens (primary N) is 1. The van der Waals surface area contributed by atoms with Gasteiger partial charge in [-0.3, -0.25) is 4.98 Å². The van der Waals surface area contributed by atoms with Crippen LogP contribution in [0.2, 0.25) is 0 Å². The largest absolute Gasteiger partial charge is 0.375 e. The van der Waals surface area contributed by atoms with Crippen molar-refractivity contribution in [2.75, 3.05) is 6.61 Å². The molecule has 2 N–H and O–H groups in total. The van der Waals surface area contributed by atoms with Gasteiger partial charge in [0.15, 0.2) is 0 Å². The molecule has 1 aromatic heterocycles. The highest BCUT2D eigenvalue weighted by atomic mass is 16.5. The van der Waals surface area contributed by atoms with Gasteiger partial charge in [-0.05, 0) is 61.6 Å². The Bertz CT molecular complexity index is 442. The summed E-state index contributed by atoms with van der Waals surface area (Å²) in [6, 6.07) is 2.24. The zero-order valence-corrected chi connectivity index (χ0v) is 11.8. The summed E-state index contributed by atoms with van der Waals surface area (Å²) in [5.74, 6) is 0.557. The number of rotatable bonds is 3. The minimum atomic E-state index is 0.138. The van der Waals surface area contributed by atoms with Crippen molar-refractivity contribution in [2.24, 2.45) is 11.7 Å². The van der Waals surface area contributed by atoms with Gasteiger partial charge in [-0.25, -0.2) is 0 Å². The van der Waals surface area contributed by atoms with Crippen LogP contribution in [-0.2, 0) is 11.2 Å². The number of hydrogen-bond donors (Lipinski definition) is 1. The van der Waals surface area contributed by atoms with Gasteiger partial charge in [0.25, 0.3) is 0 Å². The number of ether oxygens (including phenoxy) is 1. The molecule has 1 aromatic rings. The number of nitrogens with zero attached hydrogens (tertiary/aromatic N) is 1. The highest BCUT2D eigenvalue weighted by Gasteiger charge is 2.44. The van der Waals surface area contributed by atoms with E-state index in [2.05, 4.69) is 18.0 Å². The van der Waals surface area contributed by atoms with Crippen LogP contribution in [0.1, 0.15) is 56.2 Å². The molecule has 19 heavy (non-hydrogen) atoms. The monoisotopic (exact) mass is 260 g/mol. The predicted octanol–water partition coefficient (Wildman–Crippen LogP) is 2.99. The normalized spacial score (nSPS) is 26.9. The van der Waals surface area contributed by atoms with Crippen LogP contribution in [0.4, 0.5) is 0 Å². The molecule has 1 saturated heterocycles. The Morgan fingerprint density at radius 2 is 2.37 bits per heavy atom. The molecule has 2 atom stereocenters. The van der Waals surface area contributed by atoms with E-state index in [0.29, 0.717) is 5.92 Å². The molecule has 3 rings (SSSR count). The number of hydrogen-bond acceptors (Lipinski definition) is 3. The summed E-state index contributed by atoms with van der Waals surface area (Å²) in [5, 5.41) is 0. The average molecular weight is 260 g/mol. The molecular formula is C16H24N2O. The average Bonchev–Trinajstić information content (AvgIpc) is 2.45. The van der Waals surface area contributed by atoms with E-state index in [4.69, 9.17) is 10.5 Å². The maximum Gasteiger partial charge on any atom is 0.0686 e. The Morgan fingerprint density at radius 1 is 1.53 bits per heavy atom. The van der Waals surface area contributed by atoms with Crippen molar-refractivity contribution in [3.05, 3.63) is 29.6 Å². The molecule has 1 saturated carbocycles. The molecule has 1 spiro atoms. The lowest BCUT2D eigenvalue weighted by atomic mass is 9.69. The highest BCUT2D eigenvalue weighted by Crippen LogP contribution is 2.46. The van der Waals surface area contributed by atoms with Crippen LogP contribution in [0, 0.1) is 5.92 Å². The number of aromatic nitrogens is 1. The Hall–Kier alpha value is -0.930. The van der Waals surface area contributed by atoms with Crippen LogP contribution < -0.4 is 5.73 Å². The summed E-state index contributed by atoms with van der Waals surface area (Å²) in [5.41, 5.74) is 9.33. The SMILES string of the molecule is CCc1cnccc1C(N)C1CCOC2(CCC2)C1. The molecule has 2 aliphatic rings. The Labute approximate surface area is 115 Å². The topological polar surface area (TPSA) is 48.1 Å². The minimum Gasteiger partial charge on any atom is -0.375 e. The van der Waals surface area contributed by atoms with Crippen LogP contribution in [0.25, 0.3) is 0 Å². The van der Waals surface area contributed by atoms with Crippen LogP contribution in [0.3, 0.4) is 0 Å². The summed E-state index contributed by atoms with van der Waals surface area (Å²) in [4.78, 5) is 4.22. The van der Waals surface area contributed by atoms with Gasteiger partial charge in [0, 0.05) is 25.0 Å². The fourth-order valence-electron chi connectivity index (χ4n) is 3.60. The number of aryl methyl sites for hydroxylation is 1. The van der Waals surface area contributed by atoms with Gasteiger partial charge in [-0.15, -0.1) is 0 Å². The summed E-state index contributed by atoms with van der Waals surface area (Å²) in [6.45, 7) is 3.05. The molecule has 0 aromatic carbocycles. The van der Waals surface area contributed by atoms with Crippen molar-refractivity contribution in [2.45, 2.75) is 57.1 Å². The van der Waals surface area contributed by atoms with Crippen molar-refractivity contribution in [1.29, 1.82) is 0 Å². The molecule has 2 heterocycles. The lowest BCUT2D eigenvalue weighted by molar-refractivity contribution is -0.146. The lowest BCUT2D eigenvalue weighted by Crippen LogP contribution is -2.47. The third-order valence-corrected chi connectivity index (χ3v) is 4.99. The van der Waals surface area contributed by atoms with Crippen LogP contribution in [-0.4, -0.2) is 17.2 Å². The van der Waals surface area contributed by atoms with Crippen molar-refractivity contribution in [3.63, 3.8) is 0 Å². The third kappa shape index (κ3) is 2.41. The first-order chi connectivity index (χ1) is 9.24. The van der Waals surface area contributed by atoms with Crippen LogP contribution >= 0.6 is 0 Å². The molecule has 2 unspecified atom stereocenters. The van der Waals surface area contributed by atoms with Gasteiger partial charge in [0.1, 0.15) is 0 Å². The fourth-order valence-corrected chi connectivity index (χ4v) is 3.60. The second-order valence-electron chi connectivity index (χ2n) is 6.09. The summed E-state index contributed by atoms with van der Waals surface area (Å²) < 4.78 is 6.01. The Balaban J connectivity index is 1.77. The Morgan fingerprint density at radius 3 is 3.05 bits per heavy atom. The summed E-state index contributed by atoms with van der Waals surface area (Å²) >= 11 is 0. The standard InChI is InChI=1S/C16H24N2O/c1-2-12-11-18-8-4-14(12)15(17)13-5-9-19-16(10-13)6-3-7-16/h4,8,11,13,15H,2-3,5-7,9-10,17H2,1H3. The molecule has 1 aliphatic heterocycles. The van der Waals surface area contributed by atoms with E-state index in [-0.39, 0.29) is 11.6 Å². The van der Waals surface area contributed by atoms with Gasteiger partial charge in [0.05, 0.1) is 5.60 Å². The zero-order chi connectivity index (χ0) is 13.3. The molecule has 3 nitrogen and oxygen atoms in total. The molecule has 1 aliphatic carbocycles. The maximum atomic E-state index is 6.56. The molecule has 104 valence electrons. The smallest absolute Gasteiger partial charge is 0.0686 e. The summed E-state index contributed by atoms with van der Waals surface area (Å²) in [6.07, 6.45) is 10.8. The van der Waals surface area contributed by atoms with Crippen molar-refractivity contribution in [3.8, 4) is 0 Å². The molecule has 3 heteroatoms. The first-order valence-electron chi connectivity index (χ1n) is 7.56. The number of pyridine rings is 1. The third-order valence-electron chi connectivity index (χ3n) is 4.99.